The summed E-state index contributed by atoms with van der Waals surface area (Å²) in [4.78, 5) is 3.74. The smallest absolute Gasteiger partial charge is 0.282 e. The fourth-order valence-corrected chi connectivity index (χ4v) is 3.98. The average molecular weight is 473 g/mol. The van der Waals surface area contributed by atoms with Crippen molar-refractivity contribution in [2.75, 3.05) is 5.01 Å². The van der Waals surface area contributed by atoms with E-state index in [1.807, 2.05) is 0 Å². The third kappa shape index (κ3) is 4.53. The van der Waals surface area contributed by atoms with Crippen molar-refractivity contribution in [3.05, 3.63) is 90.3 Å². The maximum atomic E-state index is 11.4. The molecule has 1 aromatic heterocycles. The summed E-state index contributed by atoms with van der Waals surface area (Å²) in [7, 11) is -8.70. The minimum Gasteiger partial charge on any atom is -0.282 e. The van der Waals surface area contributed by atoms with Gasteiger partial charge in [0.05, 0.1) is 9.79 Å². The van der Waals surface area contributed by atoms with Crippen LogP contribution in [0.4, 0.5) is 5.82 Å². The average Bonchev–Trinajstić information content (AvgIpc) is 2.78. The lowest BCUT2D eigenvalue weighted by Gasteiger charge is -2.26. The van der Waals surface area contributed by atoms with Gasteiger partial charge in [0, 0.05) is 23.5 Å². The lowest BCUT2D eigenvalue weighted by molar-refractivity contribution is 0.481. The first-order chi connectivity index (χ1) is 15.1. The van der Waals surface area contributed by atoms with E-state index in [2.05, 4.69) is 15.6 Å². The van der Waals surface area contributed by atoms with E-state index < -0.39 is 20.2 Å². The number of aromatic nitrogens is 1. The van der Waals surface area contributed by atoms with Gasteiger partial charge in [0.15, 0.2) is 5.82 Å². The van der Waals surface area contributed by atoms with Crippen LogP contribution in [0.5, 0.6) is 0 Å². The molecule has 0 saturated heterocycles. The van der Waals surface area contributed by atoms with Crippen molar-refractivity contribution >= 4 is 37.3 Å². The van der Waals surface area contributed by atoms with Gasteiger partial charge >= 0.3 is 0 Å². The molecule has 0 saturated carbocycles. The van der Waals surface area contributed by atoms with Crippen LogP contribution in [-0.4, -0.2) is 36.6 Å². The summed E-state index contributed by atoms with van der Waals surface area (Å²) >= 11 is 0. The summed E-state index contributed by atoms with van der Waals surface area (Å²) in [6.45, 7) is 0. The van der Waals surface area contributed by atoms with Crippen molar-refractivity contribution in [1.29, 1.82) is 0 Å². The monoisotopic (exact) mass is 472 g/mol. The summed E-state index contributed by atoms with van der Waals surface area (Å²) in [6.07, 6.45) is 3.31. The standard InChI is InChI=1S/C20H16N4O6S2/c25-31(26,27)16-8-4-14(5-9-16)18-13-24(19-3-1-2-12-21-19)23-22-20(18)15-6-10-17(11-7-15)32(28,29)30/h1-13,23H,(H,25,26,27)(H,28,29,30). The minimum absolute atomic E-state index is 0.256. The molecule has 164 valence electrons. The number of nitrogens with one attached hydrogen (secondary N) is 1. The Morgan fingerprint density at radius 2 is 1.31 bits per heavy atom. The number of pyridine rings is 1. The van der Waals surface area contributed by atoms with E-state index in [-0.39, 0.29) is 9.79 Å². The van der Waals surface area contributed by atoms with Crippen LogP contribution in [-0.2, 0) is 20.2 Å². The van der Waals surface area contributed by atoms with Crippen molar-refractivity contribution in [3.8, 4) is 0 Å². The van der Waals surface area contributed by atoms with E-state index in [4.69, 9.17) is 0 Å². The number of hydrogen-bond donors (Lipinski definition) is 3. The first kappa shape index (κ1) is 21.6. The van der Waals surface area contributed by atoms with Gasteiger partial charge in [0.1, 0.15) is 5.71 Å². The van der Waals surface area contributed by atoms with Gasteiger partial charge < -0.3 is 0 Å². The van der Waals surface area contributed by atoms with E-state index >= 15 is 0 Å². The maximum Gasteiger partial charge on any atom is 0.294 e. The fourth-order valence-electron chi connectivity index (χ4n) is 3.02. The largest absolute Gasteiger partial charge is 0.294 e. The van der Waals surface area contributed by atoms with E-state index in [1.165, 1.54) is 48.5 Å². The van der Waals surface area contributed by atoms with Crippen molar-refractivity contribution in [2.24, 2.45) is 5.10 Å². The number of hydrazine groups is 1. The van der Waals surface area contributed by atoms with Crippen LogP contribution in [0, 0.1) is 0 Å². The van der Waals surface area contributed by atoms with Gasteiger partial charge in [-0.3, -0.25) is 9.11 Å². The molecule has 0 radical (unpaired) electrons. The van der Waals surface area contributed by atoms with Crippen LogP contribution in [0.25, 0.3) is 5.57 Å². The molecule has 2 heterocycles. The quantitative estimate of drug-likeness (QED) is 0.476. The van der Waals surface area contributed by atoms with Gasteiger partial charge in [-0.05, 0) is 42.0 Å². The number of rotatable bonds is 5. The SMILES string of the molecule is O=S(=O)(O)c1ccc(C2=CN(c3ccccn3)NN=C2c2ccc(S(=O)(=O)O)cc2)cc1. The van der Waals surface area contributed by atoms with Crippen molar-refractivity contribution in [2.45, 2.75) is 9.79 Å². The minimum atomic E-state index is -4.35. The van der Waals surface area contributed by atoms with Gasteiger partial charge in [-0.25, -0.2) is 15.5 Å². The van der Waals surface area contributed by atoms with Gasteiger partial charge in [-0.15, -0.1) is 0 Å². The van der Waals surface area contributed by atoms with Crippen LogP contribution in [0.2, 0.25) is 0 Å². The molecule has 0 amide bonds. The van der Waals surface area contributed by atoms with Gasteiger partial charge in [-0.1, -0.05) is 30.3 Å². The molecular formula is C20H16N4O6S2. The molecule has 0 bridgehead atoms. The molecular weight excluding hydrogens is 456 g/mol. The van der Waals surface area contributed by atoms with Crippen LogP contribution in [0.3, 0.4) is 0 Å². The van der Waals surface area contributed by atoms with Crippen LogP contribution >= 0.6 is 0 Å². The topological polar surface area (TPSA) is 149 Å². The summed E-state index contributed by atoms with van der Waals surface area (Å²) in [5.74, 6) is 0.545. The molecule has 12 heteroatoms. The molecule has 2 aromatic carbocycles. The molecule has 10 nitrogen and oxygen atoms in total. The number of anilines is 1. The number of nitrogens with zero attached hydrogens (tertiary/aromatic N) is 3. The molecule has 4 rings (SSSR count). The highest BCUT2D eigenvalue weighted by molar-refractivity contribution is 7.86. The highest BCUT2D eigenvalue weighted by atomic mass is 32.2. The number of hydrazone groups is 1. The molecule has 0 aliphatic carbocycles. The van der Waals surface area contributed by atoms with Crippen LogP contribution in [0.1, 0.15) is 11.1 Å². The Morgan fingerprint density at radius 3 is 1.81 bits per heavy atom. The molecule has 0 unspecified atom stereocenters. The fraction of sp³-hybridized carbons (Fsp3) is 0. The zero-order chi connectivity index (χ0) is 22.9. The molecule has 32 heavy (non-hydrogen) atoms. The Bertz CT molecular complexity index is 1420. The number of allylic oxidation sites excluding steroid dienone is 1. The van der Waals surface area contributed by atoms with Gasteiger partial charge in [-0.2, -0.15) is 21.9 Å². The normalized spacial score (nSPS) is 14.4. The first-order valence-electron chi connectivity index (χ1n) is 9.04. The number of benzene rings is 2. The van der Waals surface area contributed by atoms with E-state index in [1.54, 1.807) is 35.6 Å². The summed E-state index contributed by atoms with van der Waals surface area (Å²) in [5.41, 5.74) is 4.96. The van der Waals surface area contributed by atoms with Crippen molar-refractivity contribution < 1.29 is 25.9 Å². The summed E-state index contributed by atoms with van der Waals surface area (Å²) in [5, 5.41) is 5.94. The summed E-state index contributed by atoms with van der Waals surface area (Å²) in [6, 6.07) is 16.3. The third-order valence-electron chi connectivity index (χ3n) is 4.57. The predicted octanol–water partition coefficient (Wildman–Crippen LogP) is 2.35. The van der Waals surface area contributed by atoms with Crippen molar-refractivity contribution in [3.63, 3.8) is 0 Å². The van der Waals surface area contributed by atoms with Crippen molar-refractivity contribution in [1.82, 2.24) is 10.5 Å². The molecule has 3 aromatic rings. The Kier molecular flexibility index (Phi) is 5.52. The van der Waals surface area contributed by atoms with E-state index in [9.17, 15) is 25.9 Å². The molecule has 0 spiro atoms. The zero-order valence-corrected chi connectivity index (χ0v) is 17.8. The Morgan fingerprint density at radius 1 is 0.750 bits per heavy atom. The second-order valence-electron chi connectivity index (χ2n) is 6.66. The predicted molar refractivity (Wildman–Crippen MR) is 117 cm³/mol. The number of hydrogen-bond acceptors (Lipinski definition) is 8. The lowest BCUT2D eigenvalue weighted by Crippen LogP contribution is -2.35. The summed E-state index contributed by atoms with van der Waals surface area (Å²) < 4.78 is 63.9. The maximum absolute atomic E-state index is 11.4. The second-order valence-corrected chi connectivity index (χ2v) is 9.50. The highest BCUT2D eigenvalue weighted by Crippen LogP contribution is 2.27. The molecule has 0 fully saturated rings. The van der Waals surface area contributed by atoms with Crippen LogP contribution in [0.15, 0.2) is 94.0 Å². The Hall–Kier alpha value is -3.58. The Labute approximate surface area is 184 Å². The van der Waals surface area contributed by atoms with Crippen LogP contribution < -0.4 is 10.5 Å². The molecule has 1 aliphatic rings. The third-order valence-corrected chi connectivity index (χ3v) is 6.30. The Balaban J connectivity index is 1.79. The van der Waals surface area contributed by atoms with E-state index in [0.717, 1.165) is 0 Å². The lowest BCUT2D eigenvalue weighted by atomic mass is 9.96. The second kappa shape index (κ2) is 8.16. The molecule has 3 N–H and O–H groups in total. The molecule has 1 aliphatic heterocycles. The molecule has 0 atom stereocenters. The van der Waals surface area contributed by atoms with E-state index in [0.29, 0.717) is 28.2 Å². The van der Waals surface area contributed by atoms with Gasteiger partial charge in [0.25, 0.3) is 20.2 Å². The zero-order valence-electron chi connectivity index (χ0n) is 16.2. The van der Waals surface area contributed by atoms with Gasteiger partial charge in [0.2, 0.25) is 0 Å². The highest BCUT2D eigenvalue weighted by Gasteiger charge is 2.21. The first-order valence-corrected chi connectivity index (χ1v) is 11.9.